The van der Waals surface area contributed by atoms with E-state index in [4.69, 9.17) is 4.98 Å². The molecule has 11 heteroatoms. The molecule has 2 unspecified atom stereocenters. The molecule has 2 atom stereocenters. The number of piperidine rings is 1. The van der Waals surface area contributed by atoms with Gasteiger partial charge < -0.3 is 14.7 Å². The van der Waals surface area contributed by atoms with Gasteiger partial charge in [0.1, 0.15) is 35.1 Å². The zero-order valence-electron chi connectivity index (χ0n) is 19.9. The fourth-order valence-corrected chi connectivity index (χ4v) is 5.10. The van der Waals surface area contributed by atoms with Gasteiger partial charge in [-0.25, -0.2) is 13.8 Å². The van der Waals surface area contributed by atoms with Crippen molar-refractivity contribution in [3.05, 3.63) is 66.0 Å². The third-order valence-corrected chi connectivity index (χ3v) is 7.01. The second-order valence-electron chi connectivity index (χ2n) is 9.41. The maximum Gasteiger partial charge on any atom is 0.393 e. The summed E-state index contributed by atoms with van der Waals surface area (Å²) in [5, 5.41) is 3.28. The van der Waals surface area contributed by atoms with Crippen LogP contribution in [0.15, 0.2) is 48.5 Å². The SMILES string of the molecule is O=CC(N1CCn2c(nc(-c3ccc(F)cc3)c2Nc2ccc(F)cc2)C1)N1CCCC(C(F)(F)F)C1. The van der Waals surface area contributed by atoms with E-state index in [1.807, 2.05) is 9.47 Å². The lowest BCUT2D eigenvalue weighted by atomic mass is 9.97. The lowest BCUT2D eigenvalue weighted by Crippen LogP contribution is -2.55. The summed E-state index contributed by atoms with van der Waals surface area (Å²) in [6, 6.07) is 11.7. The van der Waals surface area contributed by atoms with Crippen LogP contribution in [0.1, 0.15) is 18.7 Å². The summed E-state index contributed by atoms with van der Waals surface area (Å²) in [4.78, 5) is 20.3. The minimum Gasteiger partial charge on any atom is -0.340 e. The van der Waals surface area contributed by atoms with E-state index in [-0.39, 0.29) is 31.1 Å². The first kappa shape index (κ1) is 25.3. The van der Waals surface area contributed by atoms with Crippen molar-refractivity contribution in [1.29, 1.82) is 0 Å². The number of fused-ring (bicyclic) bond motifs is 1. The average Bonchev–Trinajstić information content (AvgIpc) is 3.23. The van der Waals surface area contributed by atoms with Gasteiger partial charge >= 0.3 is 6.18 Å². The molecule has 3 aromatic rings. The molecule has 1 saturated heterocycles. The maximum atomic E-state index is 13.6. The van der Waals surface area contributed by atoms with E-state index < -0.39 is 18.3 Å². The topological polar surface area (TPSA) is 53.4 Å². The third kappa shape index (κ3) is 5.37. The van der Waals surface area contributed by atoms with Crippen LogP contribution in [0.3, 0.4) is 0 Å². The Morgan fingerprint density at radius 2 is 1.62 bits per heavy atom. The summed E-state index contributed by atoms with van der Waals surface area (Å²) in [7, 11) is 0. The zero-order chi connectivity index (χ0) is 26.2. The molecule has 196 valence electrons. The first-order valence-electron chi connectivity index (χ1n) is 12.1. The van der Waals surface area contributed by atoms with Crippen molar-refractivity contribution in [2.45, 2.75) is 38.3 Å². The number of rotatable bonds is 6. The molecule has 2 aliphatic rings. The Hall–Kier alpha value is -3.31. The number of nitrogens with zero attached hydrogens (tertiary/aromatic N) is 4. The molecule has 5 rings (SSSR count). The Kier molecular flexibility index (Phi) is 7.00. The zero-order valence-corrected chi connectivity index (χ0v) is 19.9. The van der Waals surface area contributed by atoms with Crippen molar-refractivity contribution in [1.82, 2.24) is 19.4 Å². The molecule has 6 nitrogen and oxygen atoms in total. The van der Waals surface area contributed by atoms with Gasteiger partial charge in [-0.3, -0.25) is 9.80 Å². The normalized spacial score (nSPS) is 19.9. The molecular formula is C26H26F5N5O. The lowest BCUT2D eigenvalue weighted by Gasteiger charge is -2.42. The fraction of sp³-hybridized carbons (Fsp3) is 0.385. The number of alkyl halides is 3. The van der Waals surface area contributed by atoms with Crippen LogP contribution >= 0.6 is 0 Å². The van der Waals surface area contributed by atoms with Crippen molar-refractivity contribution in [3.63, 3.8) is 0 Å². The number of halogens is 5. The number of carbonyl (C=O) groups excluding carboxylic acids is 1. The van der Waals surface area contributed by atoms with E-state index in [1.54, 1.807) is 29.2 Å². The van der Waals surface area contributed by atoms with Crippen molar-refractivity contribution < 1.29 is 26.7 Å². The van der Waals surface area contributed by atoms with Crippen LogP contribution < -0.4 is 5.32 Å². The number of aromatic nitrogens is 2. The summed E-state index contributed by atoms with van der Waals surface area (Å²) in [6.07, 6.45) is -3.95. The van der Waals surface area contributed by atoms with Crippen LogP contribution in [0.25, 0.3) is 11.3 Å². The molecule has 1 aromatic heterocycles. The van der Waals surface area contributed by atoms with Gasteiger partial charge in [-0.2, -0.15) is 13.2 Å². The molecule has 3 heterocycles. The van der Waals surface area contributed by atoms with Crippen molar-refractivity contribution in [2.75, 3.05) is 25.0 Å². The molecule has 1 fully saturated rings. The number of benzene rings is 2. The molecule has 0 radical (unpaired) electrons. The fourth-order valence-electron chi connectivity index (χ4n) is 5.10. The second kappa shape index (κ2) is 10.2. The van der Waals surface area contributed by atoms with E-state index in [2.05, 4.69) is 5.32 Å². The highest BCUT2D eigenvalue weighted by Crippen LogP contribution is 2.36. The highest BCUT2D eigenvalue weighted by atomic mass is 19.4. The van der Waals surface area contributed by atoms with Gasteiger partial charge in [-0.15, -0.1) is 0 Å². The summed E-state index contributed by atoms with van der Waals surface area (Å²) in [6.45, 7) is 1.29. The van der Waals surface area contributed by atoms with E-state index in [9.17, 15) is 26.7 Å². The van der Waals surface area contributed by atoms with E-state index in [0.29, 0.717) is 60.9 Å². The van der Waals surface area contributed by atoms with E-state index in [0.717, 1.165) is 0 Å². The number of hydrogen-bond acceptors (Lipinski definition) is 5. The molecule has 0 spiro atoms. The van der Waals surface area contributed by atoms with Gasteiger partial charge in [-0.1, -0.05) is 0 Å². The van der Waals surface area contributed by atoms with Crippen LogP contribution in [0.5, 0.6) is 0 Å². The number of nitrogens with one attached hydrogen (secondary N) is 1. The van der Waals surface area contributed by atoms with Gasteiger partial charge in [-0.05, 0) is 61.4 Å². The summed E-state index contributed by atoms with van der Waals surface area (Å²) < 4.78 is 69.0. The van der Waals surface area contributed by atoms with E-state index >= 15 is 0 Å². The summed E-state index contributed by atoms with van der Waals surface area (Å²) >= 11 is 0. The molecule has 37 heavy (non-hydrogen) atoms. The van der Waals surface area contributed by atoms with Gasteiger partial charge in [0.05, 0.1) is 12.5 Å². The van der Waals surface area contributed by atoms with Crippen molar-refractivity contribution >= 4 is 17.8 Å². The van der Waals surface area contributed by atoms with Gasteiger partial charge in [0, 0.05) is 37.4 Å². The number of anilines is 2. The van der Waals surface area contributed by atoms with Gasteiger partial charge in [0.15, 0.2) is 6.29 Å². The van der Waals surface area contributed by atoms with Crippen LogP contribution in [0, 0.1) is 17.6 Å². The smallest absolute Gasteiger partial charge is 0.340 e. The lowest BCUT2D eigenvalue weighted by molar-refractivity contribution is -0.192. The number of imidazole rings is 1. The minimum absolute atomic E-state index is 0.0649. The first-order valence-corrected chi connectivity index (χ1v) is 12.1. The Morgan fingerprint density at radius 3 is 2.27 bits per heavy atom. The van der Waals surface area contributed by atoms with Crippen molar-refractivity contribution in [2.24, 2.45) is 5.92 Å². The number of carbonyl (C=O) groups is 1. The summed E-state index contributed by atoms with van der Waals surface area (Å²) in [5.41, 5.74) is 1.85. The Labute approximate surface area is 210 Å². The monoisotopic (exact) mass is 519 g/mol. The van der Waals surface area contributed by atoms with Gasteiger partial charge in [0.2, 0.25) is 0 Å². The number of hydrogen-bond donors (Lipinski definition) is 1. The Balaban J connectivity index is 1.44. The van der Waals surface area contributed by atoms with Crippen LogP contribution in [-0.4, -0.2) is 57.6 Å². The first-order chi connectivity index (χ1) is 17.7. The summed E-state index contributed by atoms with van der Waals surface area (Å²) in [5.74, 6) is -0.968. The average molecular weight is 520 g/mol. The second-order valence-corrected chi connectivity index (χ2v) is 9.41. The van der Waals surface area contributed by atoms with Gasteiger partial charge in [0.25, 0.3) is 0 Å². The highest BCUT2D eigenvalue weighted by Gasteiger charge is 2.44. The maximum absolute atomic E-state index is 13.6. The Morgan fingerprint density at radius 1 is 0.946 bits per heavy atom. The van der Waals surface area contributed by atoms with Crippen LogP contribution in [0.4, 0.5) is 33.5 Å². The molecular weight excluding hydrogens is 493 g/mol. The van der Waals surface area contributed by atoms with Crippen LogP contribution in [0.2, 0.25) is 0 Å². The predicted molar refractivity (Wildman–Crippen MR) is 128 cm³/mol. The minimum atomic E-state index is -4.30. The van der Waals surface area contributed by atoms with Crippen LogP contribution in [-0.2, 0) is 17.9 Å². The predicted octanol–water partition coefficient (Wildman–Crippen LogP) is 5.19. The standard InChI is InChI=1S/C26H26F5N5O/c27-19-5-3-17(4-6-19)24-25(32-21-9-7-20(28)8-10-21)36-13-12-35(15-22(36)33-24)23(16-37)34-11-1-2-18(14-34)26(29,30)31/h3-10,16,18,23,32H,1-2,11-15H2. The third-order valence-electron chi connectivity index (χ3n) is 7.01. The highest BCUT2D eigenvalue weighted by molar-refractivity contribution is 5.76. The molecule has 1 N–H and O–H groups in total. The van der Waals surface area contributed by atoms with Crippen molar-refractivity contribution in [3.8, 4) is 11.3 Å². The quantitative estimate of drug-likeness (QED) is 0.359. The Bertz CT molecular complexity index is 1240. The molecule has 0 bridgehead atoms. The largest absolute Gasteiger partial charge is 0.393 e. The molecule has 2 aliphatic heterocycles. The molecule has 2 aromatic carbocycles. The number of aldehydes is 1. The molecule has 0 amide bonds. The van der Waals surface area contributed by atoms with E-state index in [1.165, 1.54) is 24.3 Å². The number of likely N-dealkylation sites (tertiary alicyclic amines) is 1. The molecule has 0 aliphatic carbocycles. The molecule has 0 saturated carbocycles.